The third-order valence-corrected chi connectivity index (χ3v) is 5.56. The van der Waals surface area contributed by atoms with E-state index in [1.165, 1.54) is 31.5 Å². The number of sulfonamides is 1. The number of benzene rings is 2. The van der Waals surface area contributed by atoms with E-state index in [2.05, 4.69) is 20.0 Å². The SMILES string of the molecule is COc1cccc(C(=O)/C=C\Nc2ccc(S(=O)(=O)Nc3nc(C)cc(C)n3)cc2)c1. The highest BCUT2D eigenvalue weighted by molar-refractivity contribution is 7.92. The Bertz CT molecular complexity index is 1200. The summed E-state index contributed by atoms with van der Waals surface area (Å²) in [6, 6.07) is 14.7. The molecule has 0 fully saturated rings. The van der Waals surface area contributed by atoms with Gasteiger partial charge in [-0.3, -0.25) is 4.79 Å². The summed E-state index contributed by atoms with van der Waals surface area (Å²) in [4.78, 5) is 20.5. The molecule has 0 aliphatic carbocycles. The van der Waals surface area contributed by atoms with Crippen LogP contribution in [0.1, 0.15) is 21.7 Å². The molecule has 2 N–H and O–H groups in total. The Hall–Kier alpha value is -3.72. The highest BCUT2D eigenvalue weighted by Crippen LogP contribution is 2.17. The van der Waals surface area contributed by atoms with Gasteiger partial charge in [0.15, 0.2) is 5.78 Å². The van der Waals surface area contributed by atoms with Crippen molar-refractivity contribution < 1.29 is 17.9 Å². The van der Waals surface area contributed by atoms with Crippen molar-refractivity contribution in [3.05, 3.63) is 83.8 Å². The van der Waals surface area contributed by atoms with Gasteiger partial charge in [0.25, 0.3) is 10.0 Å². The van der Waals surface area contributed by atoms with Crippen molar-refractivity contribution >= 4 is 27.4 Å². The number of anilines is 2. The van der Waals surface area contributed by atoms with Gasteiger partial charge < -0.3 is 10.1 Å². The number of carbonyl (C=O) groups excluding carboxylic acids is 1. The lowest BCUT2D eigenvalue weighted by Gasteiger charge is -2.09. The zero-order chi connectivity index (χ0) is 22.4. The largest absolute Gasteiger partial charge is 0.497 e. The number of ether oxygens (including phenoxy) is 1. The normalized spacial score (nSPS) is 11.3. The molecule has 160 valence electrons. The number of nitrogens with one attached hydrogen (secondary N) is 2. The molecule has 0 bridgehead atoms. The third-order valence-electron chi connectivity index (χ3n) is 4.21. The maximum Gasteiger partial charge on any atom is 0.264 e. The Morgan fingerprint density at radius 2 is 1.68 bits per heavy atom. The van der Waals surface area contributed by atoms with Gasteiger partial charge in [0.2, 0.25) is 5.95 Å². The van der Waals surface area contributed by atoms with Crippen molar-refractivity contribution in [1.29, 1.82) is 0 Å². The van der Waals surface area contributed by atoms with E-state index in [-0.39, 0.29) is 16.6 Å². The fraction of sp³-hybridized carbons (Fsp3) is 0.136. The zero-order valence-corrected chi connectivity index (χ0v) is 18.1. The smallest absolute Gasteiger partial charge is 0.264 e. The molecule has 3 rings (SSSR count). The molecule has 1 heterocycles. The number of aromatic nitrogens is 2. The maximum absolute atomic E-state index is 12.6. The van der Waals surface area contributed by atoms with Gasteiger partial charge in [-0.1, -0.05) is 12.1 Å². The number of allylic oxidation sites excluding steroid dienone is 1. The number of nitrogens with zero attached hydrogens (tertiary/aromatic N) is 2. The summed E-state index contributed by atoms with van der Waals surface area (Å²) in [7, 11) is -2.29. The van der Waals surface area contributed by atoms with Gasteiger partial charge in [0.05, 0.1) is 12.0 Å². The van der Waals surface area contributed by atoms with Crippen LogP contribution in [0.2, 0.25) is 0 Å². The first-order valence-corrected chi connectivity index (χ1v) is 10.8. The molecule has 0 aliphatic rings. The van der Waals surface area contributed by atoms with Gasteiger partial charge in [0, 0.05) is 34.9 Å². The summed E-state index contributed by atoms with van der Waals surface area (Å²) in [5, 5.41) is 2.94. The van der Waals surface area contributed by atoms with Crippen molar-refractivity contribution in [3.8, 4) is 5.75 Å². The van der Waals surface area contributed by atoms with Crippen LogP contribution in [-0.4, -0.2) is 31.3 Å². The molecule has 31 heavy (non-hydrogen) atoms. The second-order valence-electron chi connectivity index (χ2n) is 6.68. The minimum Gasteiger partial charge on any atom is -0.497 e. The van der Waals surface area contributed by atoms with Crippen LogP contribution in [0.5, 0.6) is 5.75 Å². The van der Waals surface area contributed by atoms with Crippen molar-refractivity contribution in [2.75, 3.05) is 17.1 Å². The van der Waals surface area contributed by atoms with Crippen molar-refractivity contribution in [2.45, 2.75) is 18.7 Å². The third kappa shape index (κ3) is 5.89. The van der Waals surface area contributed by atoms with Crippen LogP contribution in [0.25, 0.3) is 0 Å². The minimum atomic E-state index is -3.83. The molecular formula is C22H22N4O4S. The number of methoxy groups -OCH3 is 1. The predicted octanol–water partition coefficient (Wildman–Crippen LogP) is 3.71. The van der Waals surface area contributed by atoms with Crippen molar-refractivity contribution in [3.63, 3.8) is 0 Å². The highest BCUT2D eigenvalue weighted by atomic mass is 32.2. The minimum absolute atomic E-state index is 0.0266. The van der Waals surface area contributed by atoms with Crippen LogP contribution >= 0.6 is 0 Å². The van der Waals surface area contributed by atoms with Crippen molar-refractivity contribution in [1.82, 2.24) is 9.97 Å². The summed E-state index contributed by atoms with van der Waals surface area (Å²) in [5.41, 5.74) is 2.45. The van der Waals surface area contributed by atoms with Crippen LogP contribution in [-0.2, 0) is 10.0 Å². The van der Waals surface area contributed by atoms with Crippen LogP contribution in [0.15, 0.2) is 71.8 Å². The lowest BCUT2D eigenvalue weighted by atomic mass is 10.1. The Morgan fingerprint density at radius 1 is 1.00 bits per heavy atom. The van der Waals surface area contributed by atoms with E-state index in [0.717, 1.165) is 0 Å². The average Bonchev–Trinajstić information content (AvgIpc) is 2.73. The van der Waals surface area contributed by atoms with Crippen LogP contribution in [0, 0.1) is 13.8 Å². The van der Waals surface area contributed by atoms with Crippen LogP contribution in [0.4, 0.5) is 11.6 Å². The summed E-state index contributed by atoms with van der Waals surface area (Å²) < 4.78 is 32.6. The molecule has 0 spiro atoms. The number of carbonyl (C=O) groups is 1. The average molecular weight is 439 g/mol. The van der Waals surface area contributed by atoms with E-state index in [0.29, 0.717) is 28.4 Å². The second kappa shape index (κ2) is 9.40. The number of ketones is 1. The molecule has 0 saturated carbocycles. The summed E-state index contributed by atoms with van der Waals surface area (Å²) >= 11 is 0. The molecule has 0 aliphatic heterocycles. The van der Waals surface area contributed by atoms with E-state index in [9.17, 15) is 13.2 Å². The molecule has 0 saturated heterocycles. The second-order valence-corrected chi connectivity index (χ2v) is 8.36. The van der Waals surface area contributed by atoms with E-state index in [1.807, 2.05) is 0 Å². The molecule has 0 radical (unpaired) electrons. The van der Waals surface area contributed by atoms with E-state index >= 15 is 0 Å². The van der Waals surface area contributed by atoms with Gasteiger partial charge in [-0.05, 0) is 56.3 Å². The van der Waals surface area contributed by atoms with E-state index in [1.54, 1.807) is 56.3 Å². The van der Waals surface area contributed by atoms with E-state index in [4.69, 9.17) is 4.74 Å². The first kappa shape index (κ1) is 22.0. The standard InChI is InChI=1S/C22H22N4O4S/c1-15-13-16(2)25-22(24-15)26-31(28,29)20-9-7-18(8-10-20)23-12-11-21(27)17-5-4-6-19(14-17)30-3/h4-14,23H,1-3H3,(H,24,25,26)/b12-11-. The maximum atomic E-state index is 12.6. The van der Waals surface area contributed by atoms with Crippen molar-refractivity contribution in [2.24, 2.45) is 0 Å². The van der Waals surface area contributed by atoms with Crippen LogP contribution in [0.3, 0.4) is 0 Å². The van der Waals surface area contributed by atoms with Gasteiger partial charge in [-0.15, -0.1) is 0 Å². The summed E-state index contributed by atoms with van der Waals surface area (Å²) in [5.74, 6) is 0.436. The Balaban J connectivity index is 1.65. The lowest BCUT2D eigenvalue weighted by Crippen LogP contribution is -2.15. The molecule has 2 aromatic carbocycles. The molecule has 0 unspecified atom stereocenters. The van der Waals surface area contributed by atoms with E-state index < -0.39 is 10.0 Å². The van der Waals surface area contributed by atoms with Gasteiger partial charge in [-0.25, -0.2) is 23.1 Å². The predicted molar refractivity (Wildman–Crippen MR) is 119 cm³/mol. The summed E-state index contributed by atoms with van der Waals surface area (Å²) in [6.45, 7) is 3.53. The van der Waals surface area contributed by atoms with Gasteiger partial charge in [-0.2, -0.15) is 0 Å². The van der Waals surface area contributed by atoms with Gasteiger partial charge in [0.1, 0.15) is 5.75 Å². The molecule has 0 atom stereocenters. The fourth-order valence-corrected chi connectivity index (χ4v) is 3.71. The summed E-state index contributed by atoms with van der Waals surface area (Å²) in [6.07, 6.45) is 2.88. The first-order chi connectivity index (χ1) is 14.8. The fourth-order valence-electron chi connectivity index (χ4n) is 2.77. The zero-order valence-electron chi connectivity index (χ0n) is 17.3. The quantitative estimate of drug-likeness (QED) is 0.407. The molecule has 0 amide bonds. The Kier molecular flexibility index (Phi) is 6.66. The first-order valence-electron chi connectivity index (χ1n) is 9.33. The van der Waals surface area contributed by atoms with Gasteiger partial charge >= 0.3 is 0 Å². The number of hydrogen-bond acceptors (Lipinski definition) is 7. The molecule has 8 nitrogen and oxygen atoms in total. The number of aryl methyl sites for hydroxylation is 2. The lowest BCUT2D eigenvalue weighted by molar-refractivity contribution is 0.104. The number of rotatable bonds is 8. The molecule has 3 aromatic rings. The molecule has 1 aromatic heterocycles. The van der Waals surface area contributed by atoms with Crippen LogP contribution < -0.4 is 14.8 Å². The highest BCUT2D eigenvalue weighted by Gasteiger charge is 2.16. The Labute approximate surface area is 181 Å². The number of hydrogen-bond donors (Lipinski definition) is 2. The molecular weight excluding hydrogens is 416 g/mol. The molecule has 9 heteroatoms. The topological polar surface area (TPSA) is 110 Å². The Morgan fingerprint density at radius 3 is 2.32 bits per heavy atom. The monoisotopic (exact) mass is 438 g/mol.